The first-order chi connectivity index (χ1) is 19.4. The van der Waals surface area contributed by atoms with Crippen LogP contribution in [0.2, 0.25) is 0 Å². The van der Waals surface area contributed by atoms with Gasteiger partial charge in [0.05, 0.1) is 12.6 Å². The van der Waals surface area contributed by atoms with E-state index >= 15 is 0 Å². The molecular weight excluding hydrogens is 498 g/mol. The second-order valence-electron chi connectivity index (χ2n) is 10.8. The van der Waals surface area contributed by atoms with Crippen molar-refractivity contribution in [2.24, 2.45) is 22.4 Å². The third kappa shape index (κ3) is 8.01. The van der Waals surface area contributed by atoms with Crippen molar-refractivity contribution in [1.82, 2.24) is 4.98 Å². The molecule has 0 spiro atoms. The summed E-state index contributed by atoms with van der Waals surface area (Å²) in [5, 5.41) is 15.7. The highest BCUT2D eigenvalue weighted by atomic mass is 16.4. The normalized spacial score (nSPS) is 17.4. The van der Waals surface area contributed by atoms with Gasteiger partial charge in [-0.15, -0.1) is 0 Å². The fourth-order valence-electron chi connectivity index (χ4n) is 5.87. The topological polar surface area (TPSA) is 130 Å². The number of benzene rings is 2. The Balaban J connectivity index is 1.65. The molecule has 7 N–H and O–H groups in total. The van der Waals surface area contributed by atoms with Crippen LogP contribution in [0.4, 0.5) is 5.82 Å². The van der Waals surface area contributed by atoms with Crippen molar-refractivity contribution >= 4 is 34.6 Å². The number of aliphatic imine (C=N–C) groups is 1. The van der Waals surface area contributed by atoms with Gasteiger partial charge in [-0.2, -0.15) is 0 Å². The van der Waals surface area contributed by atoms with E-state index in [0.29, 0.717) is 17.9 Å². The first-order valence-electron chi connectivity index (χ1n) is 14.5. The summed E-state index contributed by atoms with van der Waals surface area (Å²) in [6.45, 7) is 2.37. The number of nitrogens with one attached hydrogen (secondary N) is 2. The molecule has 2 aromatic carbocycles. The molecule has 0 fully saturated rings. The third-order valence-electron chi connectivity index (χ3n) is 7.90. The lowest BCUT2D eigenvalue weighted by Crippen LogP contribution is -2.31. The summed E-state index contributed by atoms with van der Waals surface area (Å²) in [5.41, 5.74) is 14.5. The molecule has 1 aromatic heterocycles. The number of anilines is 1. The summed E-state index contributed by atoms with van der Waals surface area (Å²) in [6.07, 6.45) is 17.0. The summed E-state index contributed by atoms with van der Waals surface area (Å²) in [5.74, 6) is 0.295. The van der Waals surface area contributed by atoms with Crippen LogP contribution in [0.25, 0.3) is 16.8 Å². The minimum absolute atomic E-state index is 0.0609. The van der Waals surface area contributed by atoms with E-state index in [1.165, 1.54) is 66.5 Å². The number of aliphatic carboxylic acids is 1. The quantitative estimate of drug-likeness (QED) is 0.0625. The third-order valence-corrected chi connectivity index (χ3v) is 7.90. The first kappa shape index (κ1) is 29.0. The van der Waals surface area contributed by atoms with Gasteiger partial charge >= 0.3 is 5.97 Å². The van der Waals surface area contributed by atoms with Gasteiger partial charge in [0.1, 0.15) is 5.82 Å². The fourth-order valence-corrected chi connectivity index (χ4v) is 5.87. The zero-order valence-electron chi connectivity index (χ0n) is 23.5. The Kier molecular flexibility index (Phi) is 10.4. The lowest BCUT2D eigenvalue weighted by atomic mass is 9.73. The summed E-state index contributed by atoms with van der Waals surface area (Å²) < 4.78 is 0. The molecule has 0 radical (unpaired) electrons. The Hall–Kier alpha value is -4.00. The number of nitrogens with zero attached hydrogens (tertiary/aromatic N) is 1. The van der Waals surface area contributed by atoms with Gasteiger partial charge < -0.3 is 26.9 Å². The minimum Gasteiger partial charge on any atom is -0.478 e. The highest BCUT2D eigenvalue weighted by Crippen LogP contribution is 2.42. The molecule has 40 heavy (non-hydrogen) atoms. The van der Waals surface area contributed by atoms with Crippen LogP contribution < -0.4 is 16.8 Å². The number of aromatic nitrogens is 1. The Morgan fingerprint density at radius 2 is 1.82 bits per heavy atom. The number of carbonyl (C=O) groups is 1. The summed E-state index contributed by atoms with van der Waals surface area (Å²) in [4.78, 5) is 19.2. The van der Waals surface area contributed by atoms with E-state index in [1.54, 1.807) is 0 Å². The van der Waals surface area contributed by atoms with Crippen LogP contribution in [-0.2, 0) is 4.79 Å². The van der Waals surface area contributed by atoms with Gasteiger partial charge in [-0.05, 0) is 70.3 Å². The number of nitrogens with two attached hydrogens (primary N) is 2. The zero-order chi connectivity index (χ0) is 28.3. The van der Waals surface area contributed by atoms with Gasteiger partial charge in [0.2, 0.25) is 0 Å². The largest absolute Gasteiger partial charge is 0.478 e. The lowest BCUT2D eigenvalue weighted by molar-refractivity contribution is -0.131. The molecule has 0 aliphatic heterocycles. The molecule has 0 amide bonds. The highest BCUT2D eigenvalue weighted by molar-refractivity contribution is 5.87. The molecule has 212 valence electrons. The predicted octanol–water partition coefficient (Wildman–Crippen LogP) is 6.80. The van der Waals surface area contributed by atoms with E-state index in [4.69, 9.17) is 11.5 Å². The van der Waals surface area contributed by atoms with Crippen molar-refractivity contribution in [3.8, 4) is 0 Å². The van der Waals surface area contributed by atoms with Gasteiger partial charge in [0.25, 0.3) is 0 Å². The number of rotatable bonds is 15. The molecular formula is C33H43N5O2. The number of allylic oxidation sites excluding steroid dienone is 1. The summed E-state index contributed by atoms with van der Waals surface area (Å²) in [6, 6.07) is 16.8. The molecule has 1 aliphatic carbocycles. The van der Waals surface area contributed by atoms with Gasteiger partial charge in [-0.3, -0.25) is 0 Å². The first-order valence-corrected chi connectivity index (χ1v) is 14.5. The fraction of sp³-hybridized carbons (Fsp3) is 0.394. The standard InChI is InChI=1S/C33H43N5O2/c1-2-3-4-5-6-7-13-28-26(16-15-25-18-23-11-8-9-12-24(23)19-29(25)28)20-30(38-31-14-10-17-36-31)27(21-32(39)40)22-37-33(34)35/h8-12,14-19,21,26,28,30,36,38H,2-7,13,20,22H2,1H3,(H,39,40)(H4,34,35,37)/b27-21+/t26-,28-,30+/m0/s1. The predicted molar refractivity (Wildman–Crippen MR) is 166 cm³/mol. The van der Waals surface area contributed by atoms with Crippen LogP contribution in [0, 0.1) is 5.92 Å². The zero-order valence-corrected chi connectivity index (χ0v) is 23.5. The summed E-state index contributed by atoms with van der Waals surface area (Å²) >= 11 is 0. The van der Waals surface area contributed by atoms with Gasteiger partial charge in [-0.1, -0.05) is 87.9 Å². The van der Waals surface area contributed by atoms with E-state index in [-0.39, 0.29) is 24.5 Å². The molecule has 0 unspecified atom stereocenters. The van der Waals surface area contributed by atoms with E-state index in [9.17, 15) is 9.90 Å². The number of unbranched alkanes of at least 4 members (excludes halogenated alkanes) is 5. The number of carboxylic acid groups (broad SMARTS) is 1. The smallest absolute Gasteiger partial charge is 0.328 e. The molecule has 4 rings (SSSR count). The van der Waals surface area contributed by atoms with Crippen molar-refractivity contribution in [3.63, 3.8) is 0 Å². The Morgan fingerprint density at radius 1 is 1.07 bits per heavy atom. The molecule has 1 aliphatic rings. The second-order valence-corrected chi connectivity index (χ2v) is 10.8. The van der Waals surface area contributed by atoms with Crippen molar-refractivity contribution in [2.75, 3.05) is 11.9 Å². The number of H-pyrrole nitrogens is 1. The van der Waals surface area contributed by atoms with Crippen LogP contribution in [0.1, 0.15) is 75.3 Å². The maximum Gasteiger partial charge on any atom is 0.328 e. The number of fused-ring (bicyclic) bond motifs is 2. The molecule has 1 heterocycles. The van der Waals surface area contributed by atoms with E-state index in [0.717, 1.165) is 12.2 Å². The average Bonchev–Trinajstić information content (AvgIpc) is 3.45. The highest BCUT2D eigenvalue weighted by Gasteiger charge is 2.30. The van der Waals surface area contributed by atoms with Crippen molar-refractivity contribution in [3.05, 3.63) is 83.6 Å². The Labute approximate surface area is 237 Å². The van der Waals surface area contributed by atoms with E-state index in [2.05, 4.69) is 70.8 Å². The number of hydrogen-bond donors (Lipinski definition) is 5. The van der Waals surface area contributed by atoms with Crippen molar-refractivity contribution in [1.29, 1.82) is 0 Å². The minimum atomic E-state index is -1.02. The molecule has 3 atom stereocenters. The molecule has 0 saturated heterocycles. The number of hydrogen-bond acceptors (Lipinski definition) is 3. The van der Waals surface area contributed by atoms with Gasteiger partial charge in [0.15, 0.2) is 5.96 Å². The van der Waals surface area contributed by atoms with Crippen LogP contribution >= 0.6 is 0 Å². The summed E-state index contributed by atoms with van der Waals surface area (Å²) in [7, 11) is 0. The molecule has 0 saturated carbocycles. The van der Waals surface area contributed by atoms with E-state index < -0.39 is 5.97 Å². The van der Waals surface area contributed by atoms with Crippen LogP contribution in [-0.4, -0.2) is 34.6 Å². The maximum absolute atomic E-state index is 11.8. The Bertz CT molecular complexity index is 1340. The van der Waals surface area contributed by atoms with Crippen LogP contribution in [0.5, 0.6) is 0 Å². The molecule has 0 bridgehead atoms. The molecule has 3 aromatic rings. The van der Waals surface area contributed by atoms with E-state index in [1.807, 2.05) is 18.3 Å². The monoisotopic (exact) mass is 541 g/mol. The molecule has 7 heteroatoms. The average molecular weight is 542 g/mol. The Morgan fingerprint density at radius 3 is 2.52 bits per heavy atom. The van der Waals surface area contributed by atoms with Crippen LogP contribution in [0.3, 0.4) is 0 Å². The van der Waals surface area contributed by atoms with Crippen molar-refractivity contribution in [2.45, 2.75) is 70.3 Å². The lowest BCUT2D eigenvalue weighted by Gasteiger charge is -2.34. The second kappa shape index (κ2) is 14.4. The SMILES string of the molecule is CCCCCCCC[C@@H]1c2cc3ccccc3cc2C=C[C@H]1C[C@@H](Nc1ccc[nH]1)/C(=C/C(=O)O)CN=C(N)N. The van der Waals surface area contributed by atoms with Gasteiger partial charge in [0, 0.05) is 12.3 Å². The maximum atomic E-state index is 11.8. The number of aromatic amines is 1. The van der Waals surface area contributed by atoms with Crippen LogP contribution in [0.15, 0.2) is 77.4 Å². The number of carboxylic acids is 1. The van der Waals surface area contributed by atoms with Crippen molar-refractivity contribution < 1.29 is 9.90 Å². The van der Waals surface area contributed by atoms with Gasteiger partial charge in [-0.25, -0.2) is 9.79 Å². The number of guanidine groups is 1. The molecule has 7 nitrogen and oxygen atoms in total.